The Kier molecular flexibility index (Phi) is 4.89. The van der Waals surface area contributed by atoms with E-state index in [0.29, 0.717) is 12.1 Å². The molecule has 2 atom stereocenters. The number of rotatable bonds is 4. The molecule has 2 rings (SSSR count). The van der Waals surface area contributed by atoms with Gasteiger partial charge in [-0.2, -0.15) is 0 Å². The van der Waals surface area contributed by atoms with Crippen molar-refractivity contribution in [3.05, 3.63) is 23.3 Å². The van der Waals surface area contributed by atoms with E-state index in [1.54, 1.807) is 14.2 Å². The predicted octanol–water partition coefficient (Wildman–Crippen LogP) is 2.19. The second-order valence-electron chi connectivity index (χ2n) is 5.80. The zero-order valence-electron chi connectivity index (χ0n) is 13.2. The van der Waals surface area contributed by atoms with Gasteiger partial charge in [-0.25, -0.2) is 0 Å². The van der Waals surface area contributed by atoms with Gasteiger partial charge in [0.1, 0.15) is 0 Å². The first-order valence-corrected chi connectivity index (χ1v) is 7.23. The highest BCUT2D eigenvalue weighted by molar-refractivity contribution is 5.47. The number of nitrogens with zero attached hydrogens (tertiary/aromatic N) is 1. The molecule has 1 saturated heterocycles. The van der Waals surface area contributed by atoms with Gasteiger partial charge in [0, 0.05) is 31.7 Å². The number of methoxy groups -OCH3 is 2. The third-order valence-corrected chi connectivity index (χ3v) is 3.87. The van der Waals surface area contributed by atoms with E-state index in [-0.39, 0.29) is 0 Å². The molecule has 0 aromatic heterocycles. The summed E-state index contributed by atoms with van der Waals surface area (Å²) in [5.74, 6) is 1.61. The molecule has 0 bridgehead atoms. The van der Waals surface area contributed by atoms with Crippen LogP contribution >= 0.6 is 0 Å². The highest BCUT2D eigenvalue weighted by atomic mass is 16.5. The SMILES string of the molecule is COc1cc(C)c(CN2CC(C)NC(C)C2)cc1OC. The van der Waals surface area contributed by atoms with Crippen LogP contribution in [0.25, 0.3) is 0 Å². The van der Waals surface area contributed by atoms with Crippen molar-refractivity contribution in [2.45, 2.75) is 39.4 Å². The average molecular weight is 278 g/mol. The molecule has 0 saturated carbocycles. The predicted molar refractivity (Wildman–Crippen MR) is 81.6 cm³/mol. The zero-order chi connectivity index (χ0) is 14.7. The Morgan fingerprint density at radius 2 is 1.65 bits per heavy atom. The van der Waals surface area contributed by atoms with Crippen LogP contribution in [-0.4, -0.2) is 44.3 Å². The van der Waals surface area contributed by atoms with Gasteiger partial charge in [-0.05, 0) is 44.0 Å². The van der Waals surface area contributed by atoms with Gasteiger partial charge >= 0.3 is 0 Å². The van der Waals surface area contributed by atoms with Crippen molar-refractivity contribution in [3.63, 3.8) is 0 Å². The van der Waals surface area contributed by atoms with E-state index in [1.165, 1.54) is 11.1 Å². The molecule has 0 aliphatic carbocycles. The van der Waals surface area contributed by atoms with E-state index in [1.807, 2.05) is 0 Å². The smallest absolute Gasteiger partial charge is 0.161 e. The van der Waals surface area contributed by atoms with Crippen molar-refractivity contribution in [2.75, 3.05) is 27.3 Å². The molecule has 4 heteroatoms. The van der Waals surface area contributed by atoms with Gasteiger partial charge in [-0.1, -0.05) is 0 Å². The molecule has 4 nitrogen and oxygen atoms in total. The minimum atomic E-state index is 0.541. The van der Waals surface area contributed by atoms with Gasteiger partial charge in [-0.3, -0.25) is 4.90 Å². The van der Waals surface area contributed by atoms with Crippen molar-refractivity contribution in [1.29, 1.82) is 0 Å². The summed E-state index contributed by atoms with van der Waals surface area (Å²) >= 11 is 0. The Labute approximate surface area is 122 Å². The molecular formula is C16H26N2O2. The molecular weight excluding hydrogens is 252 g/mol. The van der Waals surface area contributed by atoms with E-state index in [9.17, 15) is 0 Å². The van der Waals surface area contributed by atoms with Crippen LogP contribution in [0.2, 0.25) is 0 Å². The second-order valence-corrected chi connectivity index (χ2v) is 5.80. The van der Waals surface area contributed by atoms with Gasteiger partial charge in [0.25, 0.3) is 0 Å². The van der Waals surface area contributed by atoms with E-state index < -0.39 is 0 Å². The fraction of sp³-hybridized carbons (Fsp3) is 0.625. The summed E-state index contributed by atoms with van der Waals surface area (Å²) in [6.07, 6.45) is 0. The molecule has 0 radical (unpaired) electrons. The van der Waals surface area contributed by atoms with Gasteiger partial charge in [0.15, 0.2) is 11.5 Å². The maximum atomic E-state index is 5.41. The Bertz CT molecular complexity index is 452. The zero-order valence-corrected chi connectivity index (χ0v) is 13.2. The number of aryl methyl sites for hydroxylation is 1. The Hall–Kier alpha value is -1.26. The maximum absolute atomic E-state index is 5.41. The van der Waals surface area contributed by atoms with Crippen LogP contribution in [0, 0.1) is 6.92 Å². The van der Waals surface area contributed by atoms with Crippen molar-refractivity contribution in [1.82, 2.24) is 10.2 Å². The van der Waals surface area contributed by atoms with E-state index in [2.05, 4.69) is 43.1 Å². The minimum absolute atomic E-state index is 0.541. The normalized spacial score (nSPS) is 23.6. The highest BCUT2D eigenvalue weighted by Crippen LogP contribution is 2.31. The number of piperazine rings is 1. The summed E-state index contributed by atoms with van der Waals surface area (Å²) in [6.45, 7) is 9.74. The van der Waals surface area contributed by atoms with Crippen molar-refractivity contribution in [3.8, 4) is 11.5 Å². The first-order chi connectivity index (χ1) is 9.53. The molecule has 1 aromatic rings. The molecule has 1 heterocycles. The Balaban J connectivity index is 2.16. The molecule has 0 spiro atoms. The lowest BCUT2D eigenvalue weighted by atomic mass is 10.1. The van der Waals surface area contributed by atoms with Crippen LogP contribution in [-0.2, 0) is 6.54 Å². The van der Waals surface area contributed by atoms with Crippen LogP contribution in [0.5, 0.6) is 11.5 Å². The number of benzene rings is 1. The number of ether oxygens (including phenoxy) is 2. The van der Waals surface area contributed by atoms with Gasteiger partial charge in [-0.15, -0.1) is 0 Å². The fourth-order valence-corrected chi connectivity index (χ4v) is 3.00. The summed E-state index contributed by atoms with van der Waals surface area (Å²) in [5, 5.41) is 3.56. The van der Waals surface area contributed by atoms with E-state index >= 15 is 0 Å². The topological polar surface area (TPSA) is 33.7 Å². The van der Waals surface area contributed by atoms with Gasteiger partial charge < -0.3 is 14.8 Å². The molecule has 2 unspecified atom stereocenters. The molecule has 1 fully saturated rings. The summed E-state index contributed by atoms with van der Waals surface area (Å²) in [5.41, 5.74) is 2.56. The summed E-state index contributed by atoms with van der Waals surface area (Å²) in [7, 11) is 3.36. The molecule has 0 amide bonds. The lowest BCUT2D eigenvalue weighted by Gasteiger charge is -2.36. The Morgan fingerprint density at radius 1 is 1.10 bits per heavy atom. The van der Waals surface area contributed by atoms with Crippen LogP contribution in [0.3, 0.4) is 0 Å². The van der Waals surface area contributed by atoms with Crippen LogP contribution < -0.4 is 14.8 Å². The molecule has 1 N–H and O–H groups in total. The standard InChI is InChI=1S/C16H26N2O2/c1-11-6-15(19-4)16(20-5)7-14(11)10-18-8-12(2)17-13(3)9-18/h6-7,12-13,17H,8-10H2,1-5H3. The average Bonchev–Trinajstić information content (AvgIpc) is 2.39. The van der Waals surface area contributed by atoms with Crippen molar-refractivity contribution < 1.29 is 9.47 Å². The second kappa shape index (κ2) is 6.46. The fourth-order valence-electron chi connectivity index (χ4n) is 3.00. The first kappa shape index (κ1) is 15.1. The third kappa shape index (κ3) is 3.44. The van der Waals surface area contributed by atoms with E-state index in [0.717, 1.165) is 31.1 Å². The maximum Gasteiger partial charge on any atom is 0.161 e. The monoisotopic (exact) mass is 278 g/mol. The van der Waals surface area contributed by atoms with Crippen LogP contribution in [0.1, 0.15) is 25.0 Å². The Morgan fingerprint density at radius 3 is 2.20 bits per heavy atom. The first-order valence-electron chi connectivity index (χ1n) is 7.23. The lowest BCUT2D eigenvalue weighted by Crippen LogP contribution is -2.53. The summed E-state index contributed by atoms with van der Waals surface area (Å²) in [6, 6.07) is 5.24. The molecule has 112 valence electrons. The number of nitrogens with one attached hydrogen (secondary N) is 1. The van der Waals surface area contributed by atoms with Gasteiger partial charge in [0.2, 0.25) is 0 Å². The quantitative estimate of drug-likeness (QED) is 0.915. The molecule has 1 aromatic carbocycles. The third-order valence-electron chi connectivity index (χ3n) is 3.87. The van der Waals surface area contributed by atoms with Crippen LogP contribution in [0.4, 0.5) is 0 Å². The highest BCUT2D eigenvalue weighted by Gasteiger charge is 2.21. The van der Waals surface area contributed by atoms with Crippen LogP contribution in [0.15, 0.2) is 12.1 Å². The number of hydrogen-bond acceptors (Lipinski definition) is 4. The minimum Gasteiger partial charge on any atom is -0.493 e. The largest absolute Gasteiger partial charge is 0.493 e. The lowest BCUT2D eigenvalue weighted by molar-refractivity contribution is 0.166. The molecule has 20 heavy (non-hydrogen) atoms. The molecule has 1 aliphatic rings. The number of hydrogen-bond donors (Lipinski definition) is 1. The van der Waals surface area contributed by atoms with Crippen molar-refractivity contribution in [2.24, 2.45) is 0 Å². The van der Waals surface area contributed by atoms with Gasteiger partial charge in [0.05, 0.1) is 14.2 Å². The summed E-state index contributed by atoms with van der Waals surface area (Å²) in [4.78, 5) is 2.50. The molecule has 1 aliphatic heterocycles. The summed E-state index contributed by atoms with van der Waals surface area (Å²) < 4.78 is 10.8. The van der Waals surface area contributed by atoms with Crippen molar-refractivity contribution >= 4 is 0 Å². The van der Waals surface area contributed by atoms with E-state index in [4.69, 9.17) is 9.47 Å².